The Morgan fingerprint density at radius 3 is 2.09 bits per heavy atom. The number of aromatic nitrogens is 1. The Balaban J connectivity index is 1.42. The molecule has 0 aliphatic heterocycles. The number of carbonyl (C=O) groups is 1. The van der Waals surface area contributed by atoms with Gasteiger partial charge in [0.05, 0.1) is 26.7 Å². The Hall–Kier alpha value is -3.54. The molecule has 2 aromatic carbocycles. The van der Waals surface area contributed by atoms with Crippen LogP contribution in [0.4, 0.5) is 5.82 Å². The number of methoxy groups -OCH3 is 2. The Labute approximate surface area is 206 Å². The lowest BCUT2D eigenvalue weighted by molar-refractivity contribution is -0.145. The first-order valence-corrected chi connectivity index (χ1v) is 12.1. The monoisotopic (exact) mass is 472 g/mol. The molecule has 2 aliphatic carbocycles. The van der Waals surface area contributed by atoms with Gasteiger partial charge in [-0.2, -0.15) is 0 Å². The van der Waals surface area contributed by atoms with Crippen LogP contribution >= 0.6 is 0 Å². The third-order valence-corrected chi connectivity index (χ3v) is 7.63. The first-order chi connectivity index (χ1) is 17.0. The second-order valence-electron chi connectivity index (χ2n) is 9.57. The normalized spacial score (nSPS) is 21.6. The highest BCUT2D eigenvalue weighted by Crippen LogP contribution is 2.66. The number of carbonyl (C=O) groups excluding carboxylic acids is 1. The zero-order valence-electron chi connectivity index (χ0n) is 20.8. The van der Waals surface area contributed by atoms with Crippen molar-refractivity contribution in [2.45, 2.75) is 38.8 Å². The fraction of sp³-hybridized carbons (Fsp3) is 0.379. The highest BCUT2D eigenvalue weighted by molar-refractivity contribution is 5.81. The van der Waals surface area contributed by atoms with E-state index in [1.54, 1.807) is 14.2 Å². The van der Waals surface area contributed by atoms with Crippen LogP contribution in [-0.4, -0.2) is 31.8 Å². The lowest BCUT2D eigenvalue weighted by Gasteiger charge is -2.26. The van der Waals surface area contributed by atoms with Crippen molar-refractivity contribution in [3.63, 3.8) is 0 Å². The van der Waals surface area contributed by atoms with E-state index >= 15 is 0 Å². The Bertz CT molecular complexity index is 1160. The summed E-state index contributed by atoms with van der Waals surface area (Å²) in [6.07, 6.45) is 2.88. The predicted molar refractivity (Wildman–Crippen MR) is 135 cm³/mol. The summed E-state index contributed by atoms with van der Waals surface area (Å²) in [5.41, 5.74) is 4.69. The maximum Gasteiger partial charge on any atom is 0.310 e. The van der Waals surface area contributed by atoms with Crippen LogP contribution in [0, 0.1) is 11.8 Å². The molecule has 3 atom stereocenters. The average molecular weight is 473 g/mol. The number of rotatable bonds is 9. The minimum atomic E-state index is -0.149. The third-order valence-electron chi connectivity index (χ3n) is 7.63. The van der Waals surface area contributed by atoms with Crippen LogP contribution in [-0.2, 0) is 34.5 Å². The third kappa shape index (κ3) is 4.22. The SMILES string of the molecule is CCOC(=O)[C@@H]1[C@@H]2Cc3cc(N(Cc4ccc(OC)cc4)Cc4ccc(OC)cc4)ncc3C12C. The standard InChI is InChI=1S/C29H32N2O4/c1-5-35-28(32)27-24-14-21-15-26(30-16-25(21)29(24,27)2)31(17-19-6-10-22(33-3)11-7-19)18-20-8-12-23(34-4)13-9-20/h6-13,15-16,24,27H,5,14,17-18H2,1-4H3/t24-,27-,29?/m0/s1. The molecular formula is C29H32N2O4. The Morgan fingerprint density at radius 1 is 1.00 bits per heavy atom. The van der Waals surface area contributed by atoms with Crippen molar-refractivity contribution < 1.29 is 19.0 Å². The number of anilines is 1. The Kier molecular flexibility index (Phi) is 6.13. The minimum Gasteiger partial charge on any atom is -0.497 e. The summed E-state index contributed by atoms with van der Waals surface area (Å²) < 4.78 is 16.0. The van der Waals surface area contributed by atoms with Crippen LogP contribution in [0.3, 0.4) is 0 Å². The number of esters is 1. The van der Waals surface area contributed by atoms with Crippen LogP contribution in [0.25, 0.3) is 0 Å². The number of benzene rings is 2. The quantitative estimate of drug-likeness (QED) is 0.412. The molecule has 1 aromatic heterocycles. The fourth-order valence-corrected chi connectivity index (χ4v) is 5.61. The van der Waals surface area contributed by atoms with Gasteiger partial charge in [0.2, 0.25) is 0 Å². The van der Waals surface area contributed by atoms with Gasteiger partial charge in [0.15, 0.2) is 0 Å². The molecule has 0 amide bonds. The largest absolute Gasteiger partial charge is 0.497 e. The van der Waals surface area contributed by atoms with Gasteiger partial charge in [-0.1, -0.05) is 31.2 Å². The van der Waals surface area contributed by atoms with E-state index in [4.69, 9.17) is 19.2 Å². The van der Waals surface area contributed by atoms with E-state index in [9.17, 15) is 4.79 Å². The maximum absolute atomic E-state index is 12.4. The number of ether oxygens (including phenoxy) is 3. The molecule has 6 nitrogen and oxygen atoms in total. The molecule has 1 heterocycles. The number of hydrogen-bond donors (Lipinski definition) is 0. The summed E-state index contributed by atoms with van der Waals surface area (Å²) in [5.74, 6) is 2.82. The fourth-order valence-electron chi connectivity index (χ4n) is 5.61. The second kappa shape index (κ2) is 9.25. The molecule has 0 spiro atoms. The molecular weight excluding hydrogens is 440 g/mol. The molecule has 1 saturated carbocycles. The highest BCUT2D eigenvalue weighted by atomic mass is 16.5. The molecule has 35 heavy (non-hydrogen) atoms. The molecule has 0 saturated heterocycles. The van der Waals surface area contributed by atoms with E-state index in [1.807, 2.05) is 37.4 Å². The average Bonchev–Trinajstić information content (AvgIpc) is 3.37. The number of pyridine rings is 1. The Morgan fingerprint density at radius 2 is 1.57 bits per heavy atom. The van der Waals surface area contributed by atoms with Crippen molar-refractivity contribution in [1.29, 1.82) is 0 Å². The van der Waals surface area contributed by atoms with Crippen LogP contribution in [0.5, 0.6) is 11.5 Å². The van der Waals surface area contributed by atoms with Crippen molar-refractivity contribution in [3.05, 3.63) is 83.0 Å². The molecule has 1 fully saturated rings. The van der Waals surface area contributed by atoms with Crippen molar-refractivity contribution in [3.8, 4) is 11.5 Å². The molecule has 5 rings (SSSR count). The number of hydrogen-bond acceptors (Lipinski definition) is 6. The van der Waals surface area contributed by atoms with Gasteiger partial charge in [0, 0.05) is 24.7 Å². The topological polar surface area (TPSA) is 60.9 Å². The van der Waals surface area contributed by atoms with E-state index in [1.165, 1.54) is 22.3 Å². The minimum absolute atomic E-state index is 0.0442. The first kappa shape index (κ1) is 23.2. The van der Waals surface area contributed by atoms with Crippen molar-refractivity contribution in [1.82, 2.24) is 4.98 Å². The number of nitrogens with zero attached hydrogens (tertiary/aromatic N) is 2. The first-order valence-electron chi connectivity index (χ1n) is 12.1. The van der Waals surface area contributed by atoms with E-state index in [2.05, 4.69) is 42.2 Å². The zero-order valence-corrected chi connectivity index (χ0v) is 20.8. The summed E-state index contributed by atoms with van der Waals surface area (Å²) in [7, 11) is 3.36. The molecule has 0 bridgehead atoms. The van der Waals surface area contributed by atoms with Gasteiger partial charge in [-0.3, -0.25) is 4.79 Å². The van der Waals surface area contributed by atoms with Gasteiger partial charge in [-0.25, -0.2) is 4.98 Å². The second-order valence-corrected chi connectivity index (χ2v) is 9.57. The van der Waals surface area contributed by atoms with Gasteiger partial charge in [-0.15, -0.1) is 0 Å². The molecule has 6 heteroatoms. The molecule has 0 N–H and O–H groups in total. The molecule has 2 aliphatic rings. The molecule has 182 valence electrons. The van der Waals surface area contributed by atoms with Crippen LogP contribution in [0.1, 0.15) is 36.1 Å². The van der Waals surface area contributed by atoms with Crippen LogP contribution in [0.15, 0.2) is 60.8 Å². The van der Waals surface area contributed by atoms with E-state index < -0.39 is 0 Å². The lowest BCUT2D eigenvalue weighted by atomic mass is 9.95. The molecule has 3 aromatic rings. The summed E-state index contributed by atoms with van der Waals surface area (Å²) in [6.45, 7) is 5.90. The molecule has 1 unspecified atom stereocenters. The van der Waals surface area contributed by atoms with Gasteiger partial charge in [0.1, 0.15) is 17.3 Å². The van der Waals surface area contributed by atoms with Gasteiger partial charge < -0.3 is 19.1 Å². The lowest BCUT2D eigenvalue weighted by Crippen LogP contribution is -2.24. The smallest absolute Gasteiger partial charge is 0.310 e. The highest BCUT2D eigenvalue weighted by Gasteiger charge is 2.70. The van der Waals surface area contributed by atoms with E-state index in [0.29, 0.717) is 25.6 Å². The summed E-state index contributed by atoms with van der Waals surface area (Å²) in [6, 6.07) is 18.5. The van der Waals surface area contributed by atoms with Gasteiger partial charge >= 0.3 is 5.97 Å². The van der Waals surface area contributed by atoms with Crippen molar-refractivity contribution in [2.24, 2.45) is 11.8 Å². The molecule has 0 radical (unpaired) electrons. The van der Waals surface area contributed by atoms with Crippen LogP contribution in [0.2, 0.25) is 0 Å². The van der Waals surface area contributed by atoms with Gasteiger partial charge in [0.25, 0.3) is 0 Å². The van der Waals surface area contributed by atoms with Gasteiger partial charge in [-0.05, 0) is 71.8 Å². The maximum atomic E-state index is 12.4. The van der Waals surface area contributed by atoms with E-state index in [-0.39, 0.29) is 17.3 Å². The summed E-state index contributed by atoms with van der Waals surface area (Å²) in [5, 5.41) is 0. The van der Waals surface area contributed by atoms with Crippen molar-refractivity contribution >= 4 is 11.8 Å². The summed E-state index contributed by atoms with van der Waals surface area (Å²) in [4.78, 5) is 19.6. The van der Waals surface area contributed by atoms with Crippen molar-refractivity contribution in [2.75, 3.05) is 25.7 Å². The summed E-state index contributed by atoms with van der Waals surface area (Å²) >= 11 is 0. The van der Waals surface area contributed by atoms with E-state index in [0.717, 1.165) is 23.7 Å². The zero-order chi connectivity index (χ0) is 24.6. The number of fused-ring (bicyclic) bond motifs is 3. The van der Waals surface area contributed by atoms with Crippen LogP contribution < -0.4 is 14.4 Å². The predicted octanol–water partition coefficient (Wildman–Crippen LogP) is 4.93.